The molecule has 0 aromatic carbocycles. The summed E-state index contributed by atoms with van der Waals surface area (Å²) in [6.07, 6.45) is 1.66. The molecule has 1 rings (SSSR count). The van der Waals surface area contributed by atoms with Gasteiger partial charge in [-0.2, -0.15) is 0 Å². The molecule has 1 atom stereocenters. The first-order valence-electron chi connectivity index (χ1n) is 4.08. The van der Waals surface area contributed by atoms with Crippen molar-refractivity contribution < 1.29 is 9.84 Å². The second kappa shape index (κ2) is 4.91. The van der Waals surface area contributed by atoms with Crippen LogP contribution in [0.4, 0.5) is 0 Å². The van der Waals surface area contributed by atoms with E-state index >= 15 is 0 Å². The van der Waals surface area contributed by atoms with E-state index in [9.17, 15) is 0 Å². The fourth-order valence-electron chi connectivity index (χ4n) is 1.02. The zero-order valence-corrected chi connectivity index (χ0v) is 7.60. The van der Waals surface area contributed by atoms with Gasteiger partial charge in [0.25, 0.3) is 0 Å². The van der Waals surface area contributed by atoms with Gasteiger partial charge in [-0.15, -0.1) is 0 Å². The number of aliphatic hydroxyl groups is 1. The standard InChI is InChI=1S/C9H14N2O2/c1-13-6-9(10)7-2-3-8(5-12)11-4-7/h2-4,9,12H,5-6,10H2,1H3. The van der Waals surface area contributed by atoms with Crippen LogP contribution in [0.1, 0.15) is 17.3 Å². The third kappa shape index (κ3) is 2.77. The quantitative estimate of drug-likeness (QED) is 0.699. The fraction of sp³-hybridized carbons (Fsp3) is 0.444. The Hall–Kier alpha value is -0.970. The SMILES string of the molecule is COCC(N)c1ccc(CO)nc1. The molecule has 3 N–H and O–H groups in total. The van der Waals surface area contributed by atoms with Gasteiger partial charge in [-0.1, -0.05) is 6.07 Å². The first-order valence-corrected chi connectivity index (χ1v) is 4.08. The van der Waals surface area contributed by atoms with E-state index in [2.05, 4.69) is 4.98 Å². The smallest absolute Gasteiger partial charge is 0.0852 e. The van der Waals surface area contributed by atoms with Gasteiger partial charge >= 0.3 is 0 Å². The normalized spacial score (nSPS) is 12.8. The minimum atomic E-state index is -0.148. The Kier molecular flexibility index (Phi) is 3.82. The van der Waals surface area contributed by atoms with E-state index in [1.54, 1.807) is 19.4 Å². The van der Waals surface area contributed by atoms with Crippen molar-refractivity contribution in [2.24, 2.45) is 5.73 Å². The van der Waals surface area contributed by atoms with Gasteiger partial charge < -0.3 is 15.6 Å². The Bertz CT molecular complexity index is 248. The average Bonchev–Trinajstić information content (AvgIpc) is 2.18. The van der Waals surface area contributed by atoms with Crippen LogP contribution in [0, 0.1) is 0 Å². The van der Waals surface area contributed by atoms with Crippen LogP contribution in [-0.4, -0.2) is 23.8 Å². The lowest BCUT2D eigenvalue weighted by Crippen LogP contribution is -2.16. The summed E-state index contributed by atoms with van der Waals surface area (Å²) in [5, 5.41) is 8.75. The molecule has 72 valence electrons. The summed E-state index contributed by atoms with van der Waals surface area (Å²) >= 11 is 0. The van der Waals surface area contributed by atoms with Crippen LogP contribution >= 0.6 is 0 Å². The first kappa shape index (κ1) is 10.1. The molecule has 4 heteroatoms. The van der Waals surface area contributed by atoms with E-state index in [-0.39, 0.29) is 12.6 Å². The molecule has 1 aromatic heterocycles. The van der Waals surface area contributed by atoms with Gasteiger partial charge in [0.2, 0.25) is 0 Å². The predicted octanol–water partition coefficient (Wildman–Crippen LogP) is 0.220. The predicted molar refractivity (Wildman–Crippen MR) is 49.0 cm³/mol. The van der Waals surface area contributed by atoms with Gasteiger partial charge in [-0.3, -0.25) is 4.98 Å². The monoisotopic (exact) mass is 182 g/mol. The van der Waals surface area contributed by atoms with Gasteiger partial charge in [0, 0.05) is 13.3 Å². The Balaban J connectivity index is 2.67. The van der Waals surface area contributed by atoms with Gasteiger partial charge in [0.1, 0.15) is 0 Å². The van der Waals surface area contributed by atoms with Crippen molar-refractivity contribution in [1.29, 1.82) is 0 Å². The highest BCUT2D eigenvalue weighted by Gasteiger charge is 2.04. The molecule has 0 aliphatic heterocycles. The highest BCUT2D eigenvalue weighted by Crippen LogP contribution is 2.09. The molecule has 0 saturated heterocycles. The highest BCUT2D eigenvalue weighted by atomic mass is 16.5. The molecule has 4 nitrogen and oxygen atoms in total. The molecular weight excluding hydrogens is 168 g/mol. The van der Waals surface area contributed by atoms with Gasteiger partial charge in [0.15, 0.2) is 0 Å². The van der Waals surface area contributed by atoms with Crippen molar-refractivity contribution in [3.8, 4) is 0 Å². The summed E-state index contributed by atoms with van der Waals surface area (Å²) in [5.74, 6) is 0. The number of nitrogens with zero attached hydrogens (tertiary/aromatic N) is 1. The van der Waals surface area contributed by atoms with E-state index < -0.39 is 0 Å². The Labute approximate surface area is 77.4 Å². The molecule has 0 aliphatic rings. The molecule has 0 radical (unpaired) electrons. The Morgan fingerprint density at radius 3 is 2.85 bits per heavy atom. The number of methoxy groups -OCH3 is 1. The summed E-state index contributed by atoms with van der Waals surface area (Å²) in [7, 11) is 1.61. The first-order chi connectivity index (χ1) is 6.27. The maximum Gasteiger partial charge on any atom is 0.0852 e. The number of aromatic nitrogens is 1. The zero-order valence-electron chi connectivity index (χ0n) is 7.60. The summed E-state index contributed by atoms with van der Waals surface area (Å²) in [4.78, 5) is 4.01. The Morgan fingerprint density at radius 2 is 2.38 bits per heavy atom. The zero-order chi connectivity index (χ0) is 9.68. The van der Waals surface area contributed by atoms with Crippen LogP contribution in [0.5, 0.6) is 0 Å². The minimum Gasteiger partial charge on any atom is -0.390 e. The summed E-state index contributed by atoms with van der Waals surface area (Å²) in [6.45, 7) is 0.431. The van der Waals surface area contributed by atoms with Crippen molar-refractivity contribution in [1.82, 2.24) is 4.98 Å². The van der Waals surface area contributed by atoms with E-state index in [1.807, 2.05) is 6.07 Å². The number of aliphatic hydroxyl groups excluding tert-OH is 1. The van der Waals surface area contributed by atoms with E-state index in [0.717, 1.165) is 5.56 Å². The number of hydrogen-bond donors (Lipinski definition) is 2. The molecule has 0 aliphatic carbocycles. The van der Waals surface area contributed by atoms with Crippen LogP contribution in [0.25, 0.3) is 0 Å². The summed E-state index contributed by atoms with van der Waals surface area (Å²) in [5.41, 5.74) is 7.33. The van der Waals surface area contributed by atoms with Crippen molar-refractivity contribution in [2.75, 3.05) is 13.7 Å². The molecule has 1 heterocycles. The maximum absolute atomic E-state index is 8.75. The van der Waals surface area contributed by atoms with Crippen LogP contribution < -0.4 is 5.73 Å². The molecule has 0 bridgehead atoms. The average molecular weight is 182 g/mol. The lowest BCUT2D eigenvalue weighted by Gasteiger charge is -2.10. The fourth-order valence-corrected chi connectivity index (χ4v) is 1.02. The van der Waals surface area contributed by atoms with Crippen LogP contribution in [0.3, 0.4) is 0 Å². The van der Waals surface area contributed by atoms with E-state index in [1.165, 1.54) is 0 Å². The number of hydrogen-bond acceptors (Lipinski definition) is 4. The topological polar surface area (TPSA) is 68.4 Å². The number of rotatable bonds is 4. The van der Waals surface area contributed by atoms with Crippen molar-refractivity contribution in [3.05, 3.63) is 29.6 Å². The van der Waals surface area contributed by atoms with Gasteiger partial charge in [-0.05, 0) is 11.6 Å². The maximum atomic E-state index is 8.75. The molecule has 1 aromatic rings. The molecular formula is C9H14N2O2. The van der Waals surface area contributed by atoms with E-state index in [4.69, 9.17) is 15.6 Å². The summed E-state index contributed by atoms with van der Waals surface area (Å²) in [6, 6.07) is 3.46. The lowest BCUT2D eigenvalue weighted by molar-refractivity contribution is 0.180. The second-order valence-electron chi connectivity index (χ2n) is 2.80. The largest absolute Gasteiger partial charge is 0.390 e. The van der Waals surface area contributed by atoms with E-state index in [0.29, 0.717) is 12.3 Å². The molecule has 0 saturated carbocycles. The highest BCUT2D eigenvalue weighted by molar-refractivity contribution is 5.17. The van der Waals surface area contributed by atoms with Gasteiger partial charge in [0.05, 0.1) is 24.9 Å². The second-order valence-corrected chi connectivity index (χ2v) is 2.80. The minimum absolute atomic E-state index is 0.0419. The number of pyridine rings is 1. The van der Waals surface area contributed by atoms with Gasteiger partial charge in [-0.25, -0.2) is 0 Å². The van der Waals surface area contributed by atoms with Crippen molar-refractivity contribution >= 4 is 0 Å². The van der Waals surface area contributed by atoms with Crippen LogP contribution in [0.2, 0.25) is 0 Å². The Morgan fingerprint density at radius 1 is 1.62 bits per heavy atom. The third-order valence-electron chi connectivity index (χ3n) is 1.78. The molecule has 0 fully saturated rings. The molecule has 1 unspecified atom stereocenters. The lowest BCUT2D eigenvalue weighted by atomic mass is 10.1. The van der Waals surface area contributed by atoms with Crippen LogP contribution in [-0.2, 0) is 11.3 Å². The molecule has 13 heavy (non-hydrogen) atoms. The van der Waals surface area contributed by atoms with Crippen LogP contribution in [0.15, 0.2) is 18.3 Å². The summed E-state index contributed by atoms with van der Waals surface area (Å²) < 4.78 is 4.91. The number of ether oxygens (including phenoxy) is 1. The van der Waals surface area contributed by atoms with Crippen molar-refractivity contribution in [2.45, 2.75) is 12.6 Å². The van der Waals surface area contributed by atoms with Crippen molar-refractivity contribution in [3.63, 3.8) is 0 Å². The number of nitrogens with two attached hydrogens (primary N) is 1. The molecule has 0 amide bonds. The molecule has 0 spiro atoms. The third-order valence-corrected chi connectivity index (χ3v) is 1.78.